The molecular weight excluding hydrogens is 587 g/mol. The molecule has 11 heteroatoms. The summed E-state index contributed by atoms with van der Waals surface area (Å²) < 4.78 is 11.9. The number of piperidine rings is 1. The number of halogens is 3. The lowest BCUT2D eigenvalue weighted by molar-refractivity contribution is 0.0117. The highest BCUT2D eigenvalue weighted by Crippen LogP contribution is 2.46. The summed E-state index contributed by atoms with van der Waals surface area (Å²) in [7, 11) is 0. The zero-order chi connectivity index (χ0) is 28.7. The van der Waals surface area contributed by atoms with E-state index < -0.39 is 11.5 Å². The first-order chi connectivity index (χ1) is 19.7. The molecule has 8 nitrogen and oxygen atoms in total. The molecule has 2 aromatic carbocycles. The molecule has 4 aromatic rings. The Kier molecular flexibility index (Phi) is 7.59. The molecule has 2 aliphatic rings. The van der Waals surface area contributed by atoms with Gasteiger partial charge in [-0.3, -0.25) is 4.79 Å². The molecule has 0 atom stereocenters. The van der Waals surface area contributed by atoms with Crippen molar-refractivity contribution in [3.63, 3.8) is 0 Å². The minimum Gasteiger partial charge on any atom is -0.489 e. The third-order valence-corrected chi connectivity index (χ3v) is 8.68. The van der Waals surface area contributed by atoms with Crippen LogP contribution in [0.3, 0.4) is 0 Å². The third-order valence-electron chi connectivity index (χ3n) is 7.74. The van der Waals surface area contributed by atoms with Gasteiger partial charge in [0, 0.05) is 41.9 Å². The molecule has 41 heavy (non-hydrogen) atoms. The molecule has 1 aliphatic heterocycles. The second kappa shape index (κ2) is 11.2. The molecule has 212 valence electrons. The fraction of sp³-hybridized carbons (Fsp3) is 0.300. The third kappa shape index (κ3) is 5.62. The monoisotopic (exact) mass is 612 g/mol. The topological polar surface area (TPSA) is 115 Å². The Labute approximate surface area is 252 Å². The molecule has 2 fully saturated rings. The number of ether oxygens (including phenoxy) is 1. The summed E-state index contributed by atoms with van der Waals surface area (Å²) in [5, 5.41) is 17.2. The van der Waals surface area contributed by atoms with Gasteiger partial charge in [0.25, 0.3) is 0 Å². The lowest BCUT2D eigenvalue weighted by Crippen LogP contribution is -2.43. The molecule has 3 heterocycles. The minimum atomic E-state index is -1.12. The van der Waals surface area contributed by atoms with Crippen LogP contribution in [0.5, 0.6) is 5.75 Å². The molecule has 1 saturated heterocycles. The highest BCUT2D eigenvalue weighted by atomic mass is 35.5. The van der Waals surface area contributed by atoms with Crippen LogP contribution in [0.1, 0.15) is 58.8 Å². The van der Waals surface area contributed by atoms with Crippen LogP contribution in [0.4, 0.5) is 5.82 Å². The van der Waals surface area contributed by atoms with E-state index in [-0.39, 0.29) is 6.61 Å². The second-order valence-electron chi connectivity index (χ2n) is 10.5. The summed E-state index contributed by atoms with van der Waals surface area (Å²) in [5.74, 6) is 1.78. The van der Waals surface area contributed by atoms with E-state index in [1.165, 1.54) is 0 Å². The SMILES string of the molecule is NC(=O)c1ccnc(N2CCC(O)(c3ccc(OCc4c(-c5c(Cl)cccc5Cl)noc4C4CC4)cc3Cl)CC2)c1. The molecule has 0 bridgehead atoms. The molecule has 6 rings (SSSR count). The van der Waals surface area contributed by atoms with Crippen molar-refractivity contribution < 1.29 is 19.2 Å². The maximum atomic E-state index is 11.6. The number of nitrogens with zero attached hydrogens (tertiary/aromatic N) is 3. The van der Waals surface area contributed by atoms with Crippen LogP contribution in [-0.4, -0.2) is 34.2 Å². The lowest BCUT2D eigenvalue weighted by atomic mass is 9.84. The molecule has 3 N–H and O–H groups in total. The highest BCUT2D eigenvalue weighted by molar-refractivity contribution is 6.39. The number of aliphatic hydroxyl groups is 1. The highest BCUT2D eigenvalue weighted by Gasteiger charge is 2.37. The Morgan fingerprint density at radius 1 is 1.07 bits per heavy atom. The van der Waals surface area contributed by atoms with E-state index in [4.69, 9.17) is 49.8 Å². The van der Waals surface area contributed by atoms with Gasteiger partial charge in [-0.05, 0) is 62.1 Å². The van der Waals surface area contributed by atoms with E-state index in [0.717, 1.165) is 24.2 Å². The first-order valence-corrected chi connectivity index (χ1v) is 14.5. The summed E-state index contributed by atoms with van der Waals surface area (Å²) in [6, 6.07) is 13.9. The van der Waals surface area contributed by atoms with E-state index in [9.17, 15) is 9.90 Å². The van der Waals surface area contributed by atoms with Gasteiger partial charge in [-0.2, -0.15) is 0 Å². The number of aromatic nitrogens is 2. The first-order valence-electron chi connectivity index (χ1n) is 13.3. The average Bonchev–Trinajstić information content (AvgIpc) is 3.72. The van der Waals surface area contributed by atoms with Crippen molar-refractivity contribution in [2.75, 3.05) is 18.0 Å². The van der Waals surface area contributed by atoms with Crippen molar-refractivity contribution in [3.8, 4) is 17.0 Å². The van der Waals surface area contributed by atoms with E-state index in [2.05, 4.69) is 10.1 Å². The predicted molar refractivity (Wildman–Crippen MR) is 158 cm³/mol. The summed E-state index contributed by atoms with van der Waals surface area (Å²) >= 11 is 19.6. The normalized spacial score (nSPS) is 16.5. The summed E-state index contributed by atoms with van der Waals surface area (Å²) in [5.41, 5.74) is 7.32. The van der Waals surface area contributed by atoms with Gasteiger partial charge in [0.2, 0.25) is 5.91 Å². The molecule has 0 spiro atoms. The molecule has 0 radical (unpaired) electrons. The van der Waals surface area contributed by atoms with Crippen molar-refractivity contribution in [1.29, 1.82) is 0 Å². The van der Waals surface area contributed by atoms with E-state index in [0.29, 0.717) is 80.9 Å². The number of amides is 1. The average molecular weight is 614 g/mol. The van der Waals surface area contributed by atoms with Crippen molar-refractivity contribution in [1.82, 2.24) is 10.1 Å². The van der Waals surface area contributed by atoms with Crippen LogP contribution in [0.2, 0.25) is 15.1 Å². The summed E-state index contributed by atoms with van der Waals surface area (Å²) in [6.45, 7) is 1.26. The van der Waals surface area contributed by atoms with Gasteiger partial charge in [0.1, 0.15) is 29.6 Å². The van der Waals surface area contributed by atoms with Crippen LogP contribution in [-0.2, 0) is 12.2 Å². The molecule has 1 saturated carbocycles. The number of carbonyl (C=O) groups excluding carboxylic acids is 1. The van der Waals surface area contributed by atoms with E-state index >= 15 is 0 Å². The first kappa shape index (κ1) is 27.8. The van der Waals surface area contributed by atoms with Crippen LogP contribution in [0, 0.1) is 0 Å². The van der Waals surface area contributed by atoms with Crippen LogP contribution >= 0.6 is 34.8 Å². The Morgan fingerprint density at radius 3 is 2.46 bits per heavy atom. The number of rotatable bonds is 8. The Bertz CT molecular complexity index is 1590. The van der Waals surface area contributed by atoms with Crippen molar-refractivity contribution in [2.45, 2.75) is 43.8 Å². The maximum Gasteiger partial charge on any atom is 0.248 e. The molecular formula is C30H27Cl3N4O4. The molecule has 2 aromatic heterocycles. The van der Waals surface area contributed by atoms with Gasteiger partial charge < -0.3 is 25.0 Å². The Hall–Kier alpha value is -3.30. The number of anilines is 1. The second-order valence-corrected chi connectivity index (χ2v) is 11.7. The zero-order valence-corrected chi connectivity index (χ0v) is 24.2. The maximum absolute atomic E-state index is 11.6. The molecule has 0 unspecified atom stereocenters. The molecule has 1 amide bonds. The van der Waals surface area contributed by atoms with Gasteiger partial charge in [0.05, 0.1) is 26.2 Å². The number of carbonyl (C=O) groups is 1. The van der Waals surface area contributed by atoms with Gasteiger partial charge in [-0.15, -0.1) is 0 Å². The number of hydrogen-bond donors (Lipinski definition) is 2. The summed E-state index contributed by atoms with van der Waals surface area (Å²) in [4.78, 5) is 17.9. The van der Waals surface area contributed by atoms with Gasteiger partial charge >= 0.3 is 0 Å². The predicted octanol–water partition coefficient (Wildman–Crippen LogP) is 6.74. The van der Waals surface area contributed by atoms with Gasteiger partial charge in [-0.25, -0.2) is 4.98 Å². The number of pyridine rings is 1. The fourth-order valence-corrected chi connectivity index (χ4v) is 6.21. The van der Waals surface area contributed by atoms with Gasteiger partial charge in [-0.1, -0.05) is 52.1 Å². The lowest BCUT2D eigenvalue weighted by Gasteiger charge is -2.39. The zero-order valence-electron chi connectivity index (χ0n) is 21.9. The standard InChI is InChI=1S/C30H27Cl3N4O4/c31-22-2-1-3-23(32)26(22)27-20(28(41-36-27)17-4-5-17)16-40-19-6-7-21(24(33)15-19)30(39)9-12-37(13-10-30)25-14-18(29(34)38)8-11-35-25/h1-3,6-8,11,14-15,17,39H,4-5,9-10,12-13,16H2,(H2,34,38). The quantitative estimate of drug-likeness (QED) is 0.226. The Balaban J connectivity index is 1.17. The smallest absolute Gasteiger partial charge is 0.248 e. The van der Waals surface area contributed by atoms with Crippen molar-refractivity contribution >= 4 is 46.5 Å². The molecule has 1 aliphatic carbocycles. The summed E-state index contributed by atoms with van der Waals surface area (Å²) in [6.07, 6.45) is 4.48. The van der Waals surface area contributed by atoms with Gasteiger partial charge in [0.15, 0.2) is 0 Å². The Morgan fingerprint density at radius 2 is 1.80 bits per heavy atom. The van der Waals surface area contributed by atoms with Crippen LogP contribution in [0.25, 0.3) is 11.3 Å². The number of primary amides is 1. The van der Waals surface area contributed by atoms with E-state index in [1.807, 2.05) is 4.90 Å². The van der Waals surface area contributed by atoms with E-state index in [1.54, 1.807) is 54.7 Å². The number of benzene rings is 2. The minimum absolute atomic E-state index is 0.193. The number of nitrogens with two attached hydrogens (primary N) is 1. The van der Waals surface area contributed by atoms with Crippen molar-refractivity contribution in [3.05, 3.63) is 92.2 Å². The number of hydrogen-bond acceptors (Lipinski definition) is 7. The van der Waals surface area contributed by atoms with Crippen LogP contribution in [0.15, 0.2) is 59.3 Å². The largest absolute Gasteiger partial charge is 0.489 e. The van der Waals surface area contributed by atoms with Crippen molar-refractivity contribution in [2.24, 2.45) is 5.73 Å². The van der Waals surface area contributed by atoms with Crippen LogP contribution < -0.4 is 15.4 Å². The fourth-order valence-electron chi connectivity index (χ4n) is 5.29.